The SMILES string of the molecule is COc1ccc(NC(=O)[C@@H](C)OC(=O)Cc2ccc(O)cc2)c([N+](=O)[O-])c1. The second kappa shape index (κ2) is 8.65. The molecule has 2 rings (SSSR count). The first-order valence-electron chi connectivity index (χ1n) is 7.91. The molecule has 2 aromatic carbocycles. The summed E-state index contributed by atoms with van der Waals surface area (Å²) in [6, 6.07) is 9.95. The Morgan fingerprint density at radius 1 is 1.22 bits per heavy atom. The monoisotopic (exact) mass is 374 g/mol. The molecule has 142 valence electrons. The minimum absolute atomic E-state index is 0.0350. The zero-order valence-corrected chi connectivity index (χ0v) is 14.7. The molecule has 0 radical (unpaired) electrons. The van der Waals surface area contributed by atoms with Gasteiger partial charge in [0.1, 0.15) is 17.2 Å². The zero-order chi connectivity index (χ0) is 20.0. The zero-order valence-electron chi connectivity index (χ0n) is 14.7. The molecule has 0 heterocycles. The predicted octanol–water partition coefficient (Wildman–Crippen LogP) is 2.42. The van der Waals surface area contributed by atoms with Crippen molar-refractivity contribution in [1.29, 1.82) is 0 Å². The van der Waals surface area contributed by atoms with Gasteiger partial charge < -0.3 is 19.9 Å². The Kier molecular flexibility index (Phi) is 6.32. The Morgan fingerprint density at radius 2 is 1.89 bits per heavy atom. The maximum absolute atomic E-state index is 12.2. The van der Waals surface area contributed by atoms with Crippen molar-refractivity contribution in [2.45, 2.75) is 19.4 Å². The minimum Gasteiger partial charge on any atom is -0.508 e. The molecule has 0 bridgehead atoms. The predicted molar refractivity (Wildman–Crippen MR) is 95.6 cm³/mol. The van der Waals surface area contributed by atoms with Gasteiger partial charge >= 0.3 is 5.97 Å². The average molecular weight is 374 g/mol. The standard InChI is InChI=1S/C18H18N2O7/c1-11(27-17(22)9-12-3-5-13(21)6-4-12)18(23)19-15-8-7-14(26-2)10-16(15)20(24)25/h3-8,10-11,21H,9H2,1-2H3,(H,19,23)/t11-/m1/s1. The van der Waals surface area contributed by atoms with Crippen LogP contribution >= 0.6 is 0 Å². The lowest BCUT2D eigenvalue weighted by Crippen LogP contribution is -2.30. The van der Waals surface area contributed by atoms with E-state index in [2.05, 4.69) is 5.32 Å². The number of rotatable bonds is 7. The molecule has 9 heteroatoms. The van der Waals surface area contributed by atoms with E-state index in [1.807, 2.05) is 0 Å². The summed E-state index contributed by atoms with van der Waals surface area (Å²) in [7, 11) is 1.37. The van der Waals surface area contributed by atoms with Crippen molar-refractivity contribution in [3.8, 4) is 11.5 Å². The smallest absolute Gasteiger partial charge is 0.311 e. The largest absolute Gasteiger partial charge is 0.508 e. The maximum atomic E-state index is 12.2. The van der Waals surface area contributed by atoms with Gasteiger partial charge in [-0.05, 0) is 36.8 Å². The van der Waals surface area contributed by atoms with Gasteiger partial charge in [-0.3, -0.25) is 19.7 Å². The lowest BCUT2D eigenvalue weighted by atomic mass is 10.1. The molecule has 0 aliphatic carbocycles. The quantitative estimate of drug-likeness (QED) is 0.433. The van der Waals surface area contributed by atoms with Crippen molar-refractivity contribution >= 4 is 23.3 Å². The number of hydrogen-bond acceptors (Lipinski definition) is 7. The Bertz CT molecular complexity index is 849. The number of carbonyl (C=O) groups excluding carboxylic acids is 2. The molecule has 0 saturated heterocycles. The molecule has 2 N–H and O–H groups in total. The number of aromatic hydroxyl groups is 1. The molecule has 0 aliphatic rings. The first-order chi connectivity index (χ1) is 12.8. The number of anilines is 1. The number of nitrogens with zero attached hydrogens (tertiary/aromatic N) is 1. The van der Waals surface area contributed by atoms with E-state index in [9.17, 15) is 24.8 Å². The van der Waals surface area contributed by atoms with E-state index in [0.717, 1.165) is 0 Å². The van der Waals surface area contributed by atoms with Gasteiger partial charge in [0.15, 0.2) is 6.10 Å². The van der Waals surface area contributed by atoms with Crippen molar-refractivity contribution in [1.82, 2.24) is 0 Å². The van der Waals surface area contributed by atoms with Gasteiger partial charge in [-0.25, -0.2) is 0 Å². The number of benzene rings is 2. The number of esters is 1. The van der Waals surface area contributed by atoms with Crippen molar-refractivity contribution in [2.75, 3.05) is 12.4 Å². The summed E-state index contributed by atoms with van der Waals surface area (Å²) in [5, 5.41) is 22.7. The van der Waals surface area contributed by atoms with Gasteiger partial charge in [0.25, 0.3) is 11.6 Å². The fourth-order valence-electron chi connectivity index (χ4n) is 2.20. The van der Waals surface area contributed by atoms with Gasteiger partial charge in [-0.15, -0.1) is 0 Å². The molecule has 1 amide bonds. The highest BCUT2D eigenvalue weighted by atomic mass is 16.6. The summed E-state index contributed by atoms with van der Waals surface area (Å²) in [4.78, 5) is 34.6. The van der Waals surface area contributed by atoms with Crippen molar-refractivity contribution in [3.63, 3.8) is 0 Å². The van der Waals surface area contributed by atoms with Crippen LogP contribution < -0.4 is 10.1 Å². The number of nitro groups is 1. The van der Waals surface area contributed by atoms with Crippen LogP contribution in [0.5, 0.6) is 11.5 Å². The Labute approximate surface area is 154 Å². The fraction of sp³-hybridized carbons (Fsp3) is 0.222. The topological polar surface area (TPSA) is 128 Å². The Hall–Kier alpha value is -3.62. The second-order valence-electron chi connectivity index (χ2n) is 5.60. The van der Waals surface area contributed by atoms with E-state index in [0.29, 0.717) is 5.56 Å². The van der Waals surface area contributed by atoms with Gasteiger partial charge in [0.2, 0.25) is 0 Å². The molecule has 0 saturated carbocycles. The van der Waals surface area contributed by atoms with Gasteiger partial charge in [-0.1, -0.05) is 12.1 Å². The van der Waals surface area contributed by atoms with E-state index in [-0.39, 0.29) is 29.3 Å². The van der Waals surface area contributed by atoms with Crippen LogP contribution in [0.3, 0.4) is 0 Å². The Balaban J connectivity index is 2.00. The van der Waals surface area contributed by atoms with Crippen molar-refractivity contribution < 1.29 is 29.1 Å². The van der Waals surface area contributed by atoms with Crippen LogP contribution in [0, 0.1) is 10.1 Å². The normalized spacial score (nSPS) is 11.3. The van der Waals surface area contributed by atoms with Crippen LogP contribution in [-0.2, 0) is 20.7 Å². The third-order valence-corrected chi connectivity index (χ3v) is 3.62. The van der Waals surface area contributed by atoms with Crippen molar-refractivity contribution in [3.05, 3.63) is 58.1 Å². The van der Waals surface area contributed by atoms with E-state index in [1.54, 1.807) is 12.1 Å². The number of nitrogens with one attached hydrogen (secondary N) is 1. The summed E-state index contributed by atoms with van der Waals surface area (Å²) in [5.41, 5.74) is 0.230. The average Bonchev–Trinajstić information content (AvgIpc) is 2.63. The number of nitro benzene ring substituents is 1. The highest BCUT2D eigenvalue weighted by Gasteiger charge is 2.22. The third kappa shape index (κ3) is 5.43. The summed E-state index contributed by atoms with van der Waals surface area (Å²) >= 11 is 0. The third-order valence-electron chi connectivity index (χ3n) is 3.62. The van der Waals surface area contributed by atoms with Crippen LogP contribution in [0.15, 0.2) is 42.5 Å². The molecule has 0 unspecified atom stereocenters. The Morgan fingerprint density at radius 3 is 2.48 bits per heavy atom. The lowest BCUT2D eigenvalue weighted by molar-refractivity contribution is -0.384. The number of phenols is 1. The second-order valence-corrected chi connectivity index (χ2v) is 5.60. The first kappa shape index (κ1) is 19.7. The van der Waals surface area contributed by atoms with E-state index in [4.69, 9.17) is 9.47 Å². The fourth-order valence-corrected chi connectivity index (χ4v) is 2.20. The molecule has 0 aliphatic heterocycles. The molecule has 0 spiro atoms. The van der Waals surface area contributed by atoms with Gasteiger partial charge in [0, 0.05) is 0 Å². The molecule has 0 fully saturated rings. The van der Waals surface area contributed by atoms with Crippen LogP contribution in [0.25, 0.3) is 0 Å². The van der Waals surface area contributed by atoms with E-state index >= 15 is 0 Å². The van der Waals surface area contributed by atoms with E-state index < -0.39 is 22.9 Å². The highest BCUT2D eigenvalue weighted by Crippen LogP contribution is 2.29. The molecule has 27 heavy (non-hydrogen) atoms. The maximum Gasteiger partial charge on any atom is 0.311 e. The summed E-state index contributed by atoms with van der Waals surface area (Å²) < 4.78 is 9.98. The molecule has 1 atom stereocenters. The highest BCUT2D eigenvalue weighted by molar-refractivity contribution is 5.97. The lowest BCUT2D eigenvalue weighted by Gasteiger charge is -2.14. The molecular weight excluding hydrogens is 356 g/mol. The van der Waals surface area contributed by atoms with Crippen LogP contribution in [-0.4, -0.2) is 35.1 Å². The van der Waals surface area contributed by atoms with Crippen LogP contribution in [0.2, 0.25) is 0 Å². The molecule has 0 aromatic heterocycles. The van der Waals surface area contributed by atoms with Crippen LogP contribution in [0.4, 0.5) is 11.4 Å². The molecule has 9 nitrogen and oxygen atoms in total. The van der Waals surface area contributed by atoms with Gasteiger partial charge in [0.05, 0.1) is 24.5 Å². The summed E-state index contributed by atoms with van der Waals surface area (Å²) in [6.07, 6.45) is -1.24. The van der Waals surface area contributed by atoms with Crippen molar-refractivity contribution in [2.24, 2.45) is 0 Å². The number of amides is 1. The van der Waals surface area contributed by atoms with Crippen LogP contribution in [0.1, 0.15) is 12.5 Å². The number of ether oxygens (including phenoxy) is 2. The first-order valence-corrected chi connectivity index (χ1v) is 7.91. The number of carbonyl (C=O) groups is 2. The minimum atomic E-state index is -1.16. The molecular formula is C18H18N2O7. The number of methoxy groups -OCH3 is 1. The van der Waals surface area contributed by atoms with E-state index in [1.165, 1.54) is 44.4 Å². The summed E-state index contributed by atoms with van der Waals surface area (Å²) in [5.74, 6) is -1.01. The number of phenolic OH excluding ortho intramolecular Hbond substituents is 1. The number of hydrogen-bond donors (Lipinski definition) is 2. The molecule has 2 aromatic rings. The summed E-state index contributed by atoms with van der Waals surface area (Å²) in [6.45, 7) is 1.36. The van der Waals surface area contributed by atoms with Gasteiger partial charge in [-0.2, -0.15) is 0 Å².